The fourth-order valence-corrected chi connectivity index (χ4v) is 2.93. The van der Waals surface area contributed by atoms with Gasteiger partial charge in [0, 0.05) is 43.7 Å². The highest BCUT2D eigenvalue weighted by Gasteiger charge is 2.27. The zero-order valence-corrected chi connectivity index (χ0v) is 11.8. The number of hydrogen-bond donors (Lipinski definition) is 2. The summed E-state index contributed by atoms with van der Waals surface area (Å²) >= 11 is 0. The van der Waals surface area contributed by atoms with Crippen LogP contribution < -0.4 is 16.0 Å². The van der Waals surface area contributed by atoms with Gasteiger partial charge in [-0.1, -0.05) is 6.07 Å². The third-order valence-corrected chi connectivity index (χ3v) is 4.23. The Labute approximate surface area is 119 Å². The van der Waals surface area contributed by atoms with Crippen molar-refractivity contribution >= 4 is 17.3 Å². The van der Waals surface area contributed by atoms with Crippen LogP contribution in [0.25, 0.3) is 0 Å². The van der Waals surface area contributed by atoms with Gasteiger partial charge in [0.25, 0.3) is 0 Å². The largest absolute Gasteiger partial charge is 0.381 e. The van der Waals surface area contributed by atoms with E-state index in [1.165, 1.54) is 0 Å². The van der Waals surface area contributed by atoms with Gasteiger partial charge in [-0.15, -0.1) is 0 Å². The van der Waals surface area contributed by atoms with Crippen molar-refractivity contribution in [1.82, 2.24) is 0 Å². The summed E-state index contributed by atoms with van der Waals surface area (Å²) in [6.07, 6.45) is 2.24. The molecular formula is C15H21N3O2. The van der Waals surface area contributed by atoms with E-state index in [9.17, 15) is 4.79 Å². The van der Waals surface area contributed by atoms with E-state index in [0.29, 0.717) is 5.92 Å². The number of ether oxygens (including phenoxy) is 1. The Balaban J connectivity index is 1.71. The molecule has 2 heterocycles. The summed E-state index contributed by atoms with van der Waals surface area (Å²) in [7, 11) is 2.09. The van der Waals surface area contributed by atoms with E-state index in [1.807, 2.05) is 18.2 Å². The van der Waals surface area contributed by atoms with E-state index in [0.717, 1.165) is 49.5 Å². The molecule has 1 atom stereocenters. The van der Waals surface area contributed by atoms with Crippen LogP contribution in [0.3, 0.4) is 0 Å². The Hall–Kier alpha value is -1.59. The number of nitrogens with one attached hydrogen (secondary N) is 1. The summed E-state index contributed by atoms with van der Waals surface area (Å²) in [5.41, 5.74) is 8.67. The SMILES string of the molecule is CN(CC1CCOCC1)c1ccc2c(c1)NC(=O)C2N. The van der Waals surface area contributed by atoms with Crippen molar-refractivity contribution < 1.29 is 9.53 Å². The van der Waals surface area contributed by atoms with E-state index < -0.39 is 6.04 Å². The second-order valence-corrected chi connectivity index (χ2v) is 5.67. The normalized spacial score (nSPS) is 22.5. The molecule has 1 fully saturated rings. The maximum atomic E-state index is 11.6. The van der Waals surface area contributed by atoms with Crippen molar-refractivity contribution in [2.24, 2.45) is 11.7 Å². The predicted molar refractivity (Wildman–Crippen MR) is 78.8 cm³/mol. The van der Waals surface area contributed by atoms with Crippen LogP contribution in [-0.4, -0.2) is 32.7 Å². The van der Waals surface area contributed by atoms with Gasteiger partial charge in [0.1, 0.15) is 6.04 Å². The molecule has 5 nitrogen and oxygen atoms in total. The molecule has 108 valence electrons. The van der Waals surface area contributed by atoms with Crippen molar-refractivity contribution in [1.29, 1.82) is 0 Å². The monoisotopic (exact) mass is 275 g/mol. The summed E-state index contributed by atoms with van der Waals surface area (Å²) in [6.45, 7) is 2.75. The molecule has 0 aliphatic carbocycles. The van der Waals surface area contributed by atoms with E-state index in [4.69, 9.17) is 10.5 Å². The first-order valence-electron chi connectivity index (χ1n) is 7.14. The van der Waals surface area contributed by atoms with Gasteiger partial charge in [0.2, 0.25) is 5.91 Å². The molecule has 0 spiro atoms. The molecule has 3 rings (SSSR count). The number of hydrogen-bond acceptors (Lipinski definition) is 4. The van der Waals surface area contributed by atoms with Gasteiger partial charge in [-0.25, -0.2) is 0 Å². The molecule has 2 aliphatic rings. The number of anilines is 2. The molecule has 0 bridgehead atoms. The second-order valence-electron chi connectivity index (χ2n) is 5.67. The van der Waals surface area contributed by atoms with Gasteiger partial charge < -0.3 is 20.7 Å². The Bertz CT molecular complexity index is 512. The minimum atomic E-state index is -0.528. The first-order chi connectivity index (χ1) is 9.65. The minimum absolute atomic E-state index is 0.121. The lowest BCUT2D eigenvalue weighted by atomic mass is 9.99. The number of carbonyl (C=O) groups excluding carboxylic acids is 1. The average Bonchev–Trinajstić information content (AvgIpc) is 2.74. The van der Waals surface area contributed by atoms with Gasteiger partial charge in [0.05, 0.1) is 0 Å². The molecule has 20 heavy (non-hydrogen) atoms. The Morgan fingerprint density at radius 1 is 1.40 bits per heavy atom. The van der Waals surface area contributed by atoms with Crippen LogP contribution in [0.5, 0.6) is 0 Å². The third-order valence-electron chi connectivity index (χ3n) is 4.23. The fraction of sp³-hybridized carbons (Fsp3) is 0.533. The van der Waals surface area contributed by atoms with Crippen LogP contribution in [0.15, 0.2) is 18.2 Å². The molecule has 0 saturated carbocycles. The highest BCUT2D eigenvalue weighted by atomic mass is 16.5. The average molecular weight is 275 g/mol. The molecule has 1 aromatic rings. The van der Waals surface area contributed by atoms with E-state index in [2.05, 4.69) is 17.3 Å². The van der Waals surface area contributed by atoms with Crippen LogP contribution in [0, 0.1) is 5.92 Å². The first kappa shape index (κ1) is 13.4. The zero-order valence-electron chi connectivity index (χ0n) is 11.8. The minimum Gasteiger partial charge on any atom is -0.381 e. The topological polar surface area (TPSA) is 67.6 Å². The summed E-state index contributed by atoms with van der Waals surface area (Å²) in [4.78, 5) is 13.8. The first-order valence-corrected chi connectivity index (χ1v) is 7.14. The standard InChI is InChI=1S/C15H21N3O2/c1-18(9-10-4-6-20-7-5-10)11-2-3-12-13(8-11)17-15(19)14(12)16/h2-3,8,10,14H,4-7,9,16H2,1H3,(H,17,19). The number of carbonyl (C=O) groups is 1. The molecule has 2 aliphatic heterocycles. The van der Waals surface area contributed by atoms with Crippen molar-refractivity contribution in [2.45, 2.75) is 18.9 Å². The number of benzene rings is 1. The van der Waals surface area contributed by atoms with Crippen molar-refractivity contribution in [3.8, 4) is 0 Å². The number of nitrogens with zero attached hydrogens (tertiary/aromatic N) is 1. The maximum absolute atomic E-state index is 11.6. The quantitative estimate of drug-likeness (QED) is 0.877. The molecule has 0 radical (unpaired) electrons. The van der Waals surface area contributed by atoms with Crippen LogP contribution in [0.4, 0.5) is 11.4 Å². The van der Waals surface area contributed by atoms with Gasteiger partial charge in [-0.2, -0.15) is 0 Å². The fourth-order valence-electron chi connectivity index (χ4n) is 2.93. The Kier molecular flexibility index (Phi) is 3.63. The van der Waals surface area contributed by atoms with Crippen LogP contribution in [-0.2, 0) is 9.53 Å². The van der Waals surface area contributed by atoms with Crippen molar-refractivity contribution in [3.05, 3.63) is 23.8 Å². The molecule has 1 amide bonds. The third kappa shape index (κ3) is 2.51. The smallest absolute Gasteiger partial charge is 0.245 e. The van der Waals surface area contributed by atoms with Crippen LogP contribution >= 0.6 is 0 Å². The maximum Gasteiger partial charge on any atom is 0.245 e. The molecule has 5 heteroatoms. The lowest BCUT2D eigenvalue weighted by Gasteiger charge is -2.28. The summed E-state index contributed by atoms with van der Waals surface area (Å²) in [5.74, 6) is 0.558. The Morgan fingerprint density at radius 2 is 2.15 bits per heavy atom. The van der Waals surface area contributed by atoms with Gasteiger partial charge in [0.15, 0.2) is 0 Å². The summed E-state index contributed by atoms with van der Waals surface area (Å²) < 4.78 is 5.39. The molecule has 0 aromatic heterocycles. The number of fused-ring (bicyclic) bond motifs is 1. The number of rotatable bonds is 3. The Morgan fingerprint density at radius 3 is 2.90 bits per heavy atom. The molecule has 1 unspecified atom stereocenters. The molecule has 1 aromatic carbocycles. The van der Waals surface area contributed by atoms with Crippen LogP contribution in [0.1, 0.15) is 24.4 Å². The van der Waals surface area contributed by atoms with Gasteiger partial charge >= 0.3 is 0 Å². The predicted octanol–water partition coefficient (Wildman–Crippen LogP) is 1.50. The molecule has 3 N–H and O–H groups in total. The lowest BCUT2D eigenvalue weighted by molar-refractivity contribution is -0.116. The summed E-state index contributed by atoms with van der Waals surface area (Å²) in [5, 5.41) is 2.84. The highest BCUT2D eigenvalue weighted by Crippen LogP contribution is 2.33. The number of amides is 1. The van der Waals surface area contributed by atoms with Crippen LogP contribution in [0.2, 0.25) is 0 Å². The second kappa shape index (κ2) is 5.42. The van der Waals surface area contributed by atoms with E-state index in [1.54, 1.807) is 0 Å². The van der Waals surface area contributed by atoms with Crippen molar-refractivity contribution in [2.75, 3.05) is 37.0 Å². The zero-order chi connectivity index (χ0) is 14.1. The van der Waals surface area contributed by atoms with E-state index >= 15 is 0 Å². The summed E-state index contributed by atoms with van der Waals surface area (Å²) in [6, 6.07) is 5.48. The highest BCUT2D eigenvalue weighted by molar-refractivity contribution is 6.02. The lowest BCUT2D eigenvalue weighted by Crippen LogP contribution is -2.29. The van der Waals surface area contributed by atoms with Gasteiger partial charge in [-0.05, 0) is 30.9 Å². The molecule has 1 saturated heterocycles. The number of nitrogens with two attached hydrogens (primary N) is 1. The van der Waals surface area contributed by atoms with E-state index in [-0.39, 0.29) is 5.91 Å². The van der Waals surface area contributed by atoms with Gasteiger partial charge in [-0.3, -0.25) is 4.79 Å². The van der Waals surface area contributed by atoms with Crippen molar-refractivity contribution in [3.63, 3.8) is 0 Å². The molecular weight excluding hydrogens is 254 g/mol.